The van der Waals surface area contributed by atoms with E-state index < -0.39 is 0 Å². The van der Waals surface area contributed by atoms with Gasteiger partial charge in [-0.2, -0.15) is 0 Å². The molecule has 22 valence electrons. The smallest absolute Gasteiger partial charge is 0 e. The molecule has 4 heavy (non-hydrogen) atoms. The molecule has 0 aliphatic heterocycles. The maximum Gasteiger partial charge on any atom is 0 e. The van der Waals surface area contributed by atoms with Gasteiger partial charge < -0.3 is 0 Å². The summed E-state index contributed by atoms with van der Waals surface area (Å²) in [5.41, 5.74) is 5.86. The van der Waals surface area contributed by atoms with E-state index in [2.05, 4.69) is 4.03 Å². The molecular weight excluding hydrogens is 194 g/mol. The molecule has 0 saturated heterocycles. The fraction of sp³-hybridized carbons (Fsp3) is 0. The first-order valence-electron chi connectivity index (χ1n) is 0.482. The fourth-order valence-corrected chi connectivity index (χ4v) is 0. The van der Waals surface area contributed by atoms with Crippen molar-refractivity contribution < 1.29 is 26.2 Å². The average Bonchev–Trinajstić information content (AvgIpc) is 0.918. The van der Waals surface area contributed by atoms with Crippen LogP contribution in [0.3, 0.4) is 0 Å². The molecule has 0 rings (SSSR count). The number of hydrogen-bond donors (Lipinski definition) is 1. The molecule has 0 radical (unpaired) electrons. The minimum Gasteiger partial charge on any atom is 0 e. The molecule has 0 amide bonds. The maximum atomic E-state index is 5.86. The van der Waals surface area contributed by atoms with E-state index in [-0.39, 0.29) is 26.2 Å². The minimum atomic E-state index is 0. The monoisotopic (exact) mass is 196 g/mol. The molecule has 0 heterocycles. The quantitative estimate of drug-likeness (QED) is 0.404. The van der Waals surface area contributed by atoms with Gasteiger partial charge in [0.25, 0.3) is 0 Å². The van der Waals surface area contributed by atoms with Crippen LogP contribution in [0.15, 0.2) is 4.03 Å². The van der Waals surface area contributed by atoms with Crippen molar-refractivity contribution in [2.45, 2.75) is 0 Å². The molecule has 1 N–H and O–H groups in total. The molecule has 0 aromatic carbocycles. The summed E-state index contributed by atoms with van der Waals surface area (Å²) in [6.45, 7) is 0. The van der Waals surface area contributed by atoms with Crippen LogP contribution in [0.25, 0.3) is 0 Å². The third-order valence-electron chi connectivity index (χ3n) is 0. The van der Waals surface area contributed by atoms with Gasteiger partial charge >= 0.3 is 26.6 Å². The summed E-state index contributed by atoms with van der Waals surface area (Å²) >= 11 is 1.08. The van der Waals surface area contributed by atoms with Gasteiger partial charge in [-0.25, -0.2) is 0 Å². The third-order valence-corrected chi connectivity index (χ3v) is 0. The number of nitrogens with one attached hydrogen (secondary N) is 1. The predicted molar refractivity (Wildman–Crippen MR) is 13.7 cm³/mol. The number of nitrogens with zero attached hydrogens (tertiary/aromatic N) is 1. The summed E-state index contributed by atoms with van der Waals surface area (Å²) in [7, 11) is 0. The van der Waals surface area contributed by atoms with Crippen molar-refractivity contribution in [3.63, 3.8) is 0 Å². The summed E-state index contributed by atoms with van der Waals surface area (Å²) in [5, 5.41) is 0. The summed E-state index contributed by atoms with van der Waals surface area (Å²) in [4.78, 5) is 0. The molecule has 1 atom stereocenters. The Labute approximate surface area is 52.7 Å². The van der Waals surface area contributed by atoms with Crippen LogP contribution in [0.5, 0.6) is 0 Å². The van der Waals surface area contributed by atoms with Crippen LogP contribution in [0, 0.1) is 5.53 Å². The van der Waals surface area contributed by atoms with Crippen LogP contribution in [0.4, 0.5) is 0 Å². The molecule has 0 spiro atoms. The van der Waals surface area contributed by atoms with E-state index in [4.69, 9.17) is 5.53 Å². The first-order valence-corrected chi connectivity index (χ1v) is 1.57. The van der Waals surface area contributed by atoms with Gasteiger partial charge in [0.1, 0.15) is 0 Å². The fourth-order valence-electron chi connectivity index (χ4n) is 0. The number of rotatable bonds is 0. The molecule has 0 saturated carbocycles. The van der Waals surface area contributed by atoms with E-state index in [1.165, 1.54) is 0 Å². The summed E-state index contributed by atoms with van der Waals surface area (Å²) in [5.74, 6) is 0. The Hall–Kier alpha value is 1.04. The second-order valence-corrected chi connectivity index (χ2v) is 0.671. The van der Waals surface area contributed by atoms with Crippen molar-refractivity contribution >= 4 is 17.1 Å². The van der Waals surface area contributed by atoms with Crippen molar-refractivity contribution in [1.82, 2.24) is 0 Å². The molecule has 0 aliphatic carbocycles. The Morgan fingerprint density at radius 1 is 1.75 bits per heavy atom. The van der Waals surface area contributed by atoms with Gasteiger partial charge in [0.05, 0.1) is 0 Å². The normalized spacial score (nSPS) is 3.25. The van der Waals surface area contributed by atoms with Crippen molar-refractivity contribution in [3.05, 3.63) is 0 Å². The molecular formula is H3AsN2Zr. The standard InChI is InChI=1S/AsH3N2.Zr/c1-3-2;/h2H,1H2;. The van der Waals surface area contributed by atoms with Crippen molar-refractivity contribution in [2.75, 3.05) is 0 Å². The van der Waals surface area contributed by atoms with Crippen LogP contribution in [-0.2, 0) is 26.2 Å². The van der Waals surface area contributed by atoms with Gasteiger partial charge in [0.15, 0.2) is 0 Å². The molecule has 0 aromatic rings. The van der Waals surface area contributed by atoms with Crippen molar-refractivity contribution in [3.8, 4) is 0 Å². The summed E-state index contributed by atoms with van der Waals surface area (Å²) < 4.78 is 2.81. The van der Waals surface area contributed by atoms with Crippen molar-refractivity contribution in [2.24, 2.45) is 4.03 Å². The van der Waals surface area contributed by atoms with E-state index in [0.29, 0.717) is 0 Å². The van der Waals surface area contributed by atoms with Gasteiger partial charge in [-0.15, -0.1) is 0 Å². The predicted octanol–water partition coefficient (Wildman–Crippen LogP) is -0.437. The van der Waals surface area contributed by atoms with Gasteiger partial charge in [0.2, 0.25) is 0 Å². The van der Waals surface area contributed by atoms with Gasteiger partial charge in [-0.1, -0.05) is 0 Å². The zero-order valence-electron chi connectivity index (χ0n) is 2.02. The van der Waals surface area contributed by atoms with E-state index >= 15 is 0 Å². The first-order chi connectivity index (χ1) is 1.41. The van der Waals surface area contributed by atoms with E-state index in [9.17, 15) is 0 Å². The summed E-state index contributed by atoms with van der Waals surface area (Å²) in [6.07, 6.45) is 0. The third kappa shape index (κ3) is 11.7. The molecule has 0 aromatic heterocycles. The molecule has 0 aliphatic rings. The summed E-state index contributed by atoms with van der Waals surface area (Å²) in [6, 6.07) is 0. The molecule has 0 fully saturated rings. The van der Waals surface area contributed by atoms with E-state index in [1.54, 1.807) is 0 Å². The molecule has 4 heteroatoms. The molecule has 1 unspecified atom stereocenters. The zero-order chi connectivity index (χ0) is 2.71. The maximum absolute atomic E-state index is 5.86. The zero-order valence-corrected chi connectivity index (χ0v) is 6.91. The Kier molecular flexibility index (Phi) is 20.0. The SMILES string of the molecule is N=N[AsH2].[Zr]. The Morgan fingerprint density at radius 3 is 1.75 bits per heavy atom. The Bertz CT molecular complexity index is 13.5. The van der Waals surface area contributed by atoms with Gasteiger partial charge in [-0.05, 0) is 0 Å². The Balaban J connectivity index is 0. The van der Waals surface area contributed by atoms with Gasteiger partial charge in [0, 0.05) is 26.2 Å². The molecule has 2 nitrogen and oxygen atoms in total. The van der Waals surface area contributed by atoms with Crippen LogP contribution in [0.2, 0.25) is 0 Å². The number of hydrogen-bond acceptors (Lipinski definition) is 2. The van der Waals surface area contributed by atoms with Crippen molar-refractivity contribution in [1.29, 1.82) is 5.53 Å². The van der Waals surface area contributed by atoms with E-state index in [0.717, 1.165) is 17.1 Å². The van der Waals surface area contributed by atoms with Crippen LogP contribution >= 0.6 is 0 Å². The average molecular weight is 197 g/mol. The van der Waals surface area contributed by atoms with Crippen LogP contribution < -0.4 is 0 Å². The van der Waals surface area contributed by atoms with E-state index in [1.807, 2.05) is 0 Å². The Morgan fingerprint density at radius 2 is 1.75 bits per heavy atom. The second kappa shape index (κ2) is 8.97. The van der Waals surface area contributed by atoms with Crippen LogP contribution in [0.1, 0.15) is 0 Å². The van der Waals surface area contributed by atoms with Crippen LogP contribution in [-0.4, -0.2) is 17.1 Å². The first kappa shape index (κ1) is 8.90. The minimum absolute atomic E-state index is 0. The van der Waals surface area contributed by atoms with Gasteiger partial charge in [-0.3, -0.25) is 0 Å². The topological polar surface area (TPSA) is 36.2 Å². The largest absolute Gasteiger partial charge is 0 e. The molecule has 0 bridgehead atoms. The second-order valence-electron chi connectivity index (χ2n) is 0.129.